The summed E-state index contributed by atoms with van der Waals surface area (Å²) in [4.78, 5) is 27.7. The molecule has 0 saturated heterocycles. The lowest BCUT2D eigenvalue weighted by Gasteiger charge is -2.00. The van der Waals surface area contributed by atoms with E-state index in [2.05, 4.69) is 9.97 Å². The fraction of sp³-hybridized carbons (Fsp3) is 0.0909. The minimum Gasteiger partial charge on any atom is -0.324 e. The number of aromatic amines is 2. The third-order valence-electron chi connectivity index (χ3n) is 2.25. The molecular weight excluding hydrogens is 206 g/mol. The maximum absolute atomic E-state index is 11.5. The maximum atomic E-state index is 11.5. The van der Waals surface area contributed by atoms with Gasteiger partial charge >= 0.3 is 5.69 Å². The van der Waals surface area contributed by atoms with E-state index in [1.165, 1.54) is 0 Å². The van der Waals surface area contributed by atoms with Crippen molar-refractivity contribution in [3.63, 3.8) is 0 Å². The molecule has 0 spiro atoms. The number of rotatable bonds is 3. The Morgan fingerprint density at radius 1 is 1.19 bits per heavy atom. The van der Waals surface area contributed by atoms with Crippen LogP contribution in [0.4, 0.5) is 0 Å². The van der Waals surface area contributed by atoms with Gasteiger partial charge in [-0.15, -0.1) is 0 Å². The van der Waals surface area contributed by atoms with Gasteiger partial charge in [0.1, 0.15) is 5.69 Å². The molecule has 1 heterocycles. The van der Waals surface area contributed by atoms with E-state index in [1.54, 1.807) is 0 Å². The van der Waals surface area contributed by atoms with Crippen molar-refractivity contribution < 1.29 is 4.79 Å². The number of imidazole rings is 1. The van der Waals surface area contributed by atoms with Crippen molar-refractivity contribution in [2.45, 2.75) is 0 Å². The van der Waals surface area contributed by atoms with Gasteiger partial charge in [-0.05, 0) is 0 Å². The smallest absolute Gasteiger partial charge is 0.323 e. The Kier molecular flexibility index (Phi) is 2.70. The Hall–Kier alpha value is -2.14. The van der Waals surface area contributed by atoms with Gasteiger partial charge in [-0.2, -0.15) is 0 Å². The number of nitrogens with two attached hydrogens (primary N) is 1. The normalized spacial score (nSPS) is 10.3. The summed E-state index contributed by atoms with van der Waals surface area (Å²) in [5.41, 5.74) is 6.37. The van der Waals surface area contributed by atoms with E-state index >= 15 is 0 Å². The van der Waals surface area contributed by atoms with E-state index in [0.29, 0.717) is 5.69 Å². The summed E-state index contributed by atoms with van der Waals surface area (Å²) in [5.74, 6) is -0.294. The summed E-state index contributed by atoms with van der Waals surface area (Å²) in [6.45, 7) is -0.131. The van der Waals surface area contributed by atoms with Crippen molar-refractivity contribution >= 4 is 5.78 Å². The minimum absolute atomic E-state index is 0.131. The quantitative estimate of drug-likeness (QED) is 0.654. The molecule has 0 fully saturated rings. The minimum atomic E-state index is -0.407. The Balaban J connectivity index is 2.57. The van der Waals surface area contributed by atoms with E-state index in [4.69, 9.17) is 5.73 Å². The van der Waals surface area contributed by atoms with Crippen molar-refractivity contribution in [2.75, 3.05) is 6.54 Å². The van der Waals surface area contributed by atoms with Crippen LogP contribution >= 0.6 is 0 Å². The number of Topliss-reactive ketones (excluding diaryl/α,β-unsaturated/α-hetero) is 1. The standard InChI is InChI=1S/C11H11N3O2/c12-6-8(15)10-9(13-11(16)14-10)7-4-2-1-3-5-7/h1-5H,6,12H2,(H2,13,14,16). The average Bonchev–Trinajstić information content (AvgIpc) is 2.71. The molecule has 16 heavy (non-hydrogen) atoms. The highest BCUT2D eigenvalue weighted by atomic mass is 16.1. The summed E-state index contributed by atoms with van der Waals surface area (Å²) in [6.07, 6.45) is 0. The molecule has 82 valence electrons. The van der Waals surface area contributed by atoms with E-state index in [1.807, 2.05) is 30.3 Å². The van der Waals surface area contributed by atoms with Gasteiger partial charge in [0.25, 0.3) is 0 Å². The zero-order valence-corrected chi connectivity index (χ0v) is 8.49. The van der Waals surface area contributed by atoms with Crippen LogP contribution in [-0.2, 0) is 0 Å². The van der Waals surface area contributed by atoms with Crippen molar-refractivity contribution in [1.82, 2.24) is 9.97 Å². The lowest BCUT2D eigenvalue weighted by atomic mass is 10.1. The van der Waals surface area contributed by atoms with Crippen LogP contribution in [0.15, 0.2) is 35.1 Å². The van der Waals surface area contributed by atoms with Gasteiger partial charge in [0.05, 0.1) is 12.2 Å². The maximum Gasteiger partial charge on any atom is 0.323 e. The second-order valence-corrected chi connectivity index (χ2v) is 3.32. The SMILES string of the molecule is NCC(=O)c1[nH]c(=O)[nH]c1-c1ccccc1. The van der Waals surface area contributed by atoms with Crippen LogP contribution in [0.3, 0.4) is 0 Å². The van der Waals surface area contributed by atoms with Crippen LogP contribution in [0.1, 0.15) is 10.5 Å². The molecule has 2 aromatic rings. The largest absolute Gasteiger partial charge is 0.324 e. The number of H-pyrrole nitrogens is 2. The fourth-order valence-electron chi connectivity index (χ4n) is 1.52. The number of hydrogen-bond acceptors (Lipinski definition) is 3. The monoisotopic (exact) mass is 217 g/mol. The van der Waals surface area contributed by atoms with Gasteiger partial charge in [-0.1, -0.05) is 30.3 Å². The molecule has 0 atom stereocenters. The number of carbonyl (C=O) groups excluding carboxylic acids is 1. The van der Waals surface area contributed by atoms with Gasteiger partial charge in [-0.25, -0.2) is 4.79 Å². The molecule has 1 aromatic heterocycles. The first-order valence-electron chi connectivity index (χ1n) is 4.83. The Morgan fingerprint density at radius 3 is 2.50 bits per heavy atom. The number of aromatic nitrogens is 2. The third-order valence-corrected chi connectivity index (χ3v) is 2.25. The van der Waals surface area contributed by atoms with Crippen molar-refractivity contribution in [3.8, 4) is 11.3 Å². The number of benzene rings is 1. The molecule has 0 saturated carbocycles. The van der Waals surface area contributed by atoms with E-state index in [9.17, 15) is 9.59 Å². The second-order valence-electron chi connectivity index (χ2n) is 3.32. The van der Waals surface area contributed by atoms with Gasteiger partial charge in [0.2, 0.25) is 0 Å². The van der Waals surface area contributed by atoms with Crippen LogP contribution in [-0.4, -0.2) is 22.3 Å². The number of hydrogen-bond donors (Lipinski definition) is 3. The number of ketones is 1. The third kappa shape index (κ3) is 1.80. The van der Waals surface area contributed by atoms with Crippen LogP contribution in [0.25, 0.3) is 11.3 Å². The lowest BCUT2D eigenvalue weighted by molar-refractivity contribution is 0.0997. The van der Waals surface area contributed by atoms with Crippen LogP contribution in [0, 0.1) is 0 Å². The predicted molar refractivity (Wildman–Crippen MR) is 60.2 cm³/mol. The molecule has 0 radical (unpaired) electrons. The molecule has 4 N–H and O–H groups in total. The zero-order chi connectivity index (χ0) is 11.5. The first-order chi connectivity index (χ1) is 7.72. The Labute approximate surface area is 91.3 Å². The summed E-state index contributed by atoms with van der Waals surface area (Å²) < 4.78 is 0. The summed E-state index contributed by atoms with van der Waals surface area (Å²) in [5, 5.41) is 0. The van der Waals surface area contributed by atoms with Crippen molar-refractivity contribution in [2.24, 2.45) is 5.73 Å². The second kappa shape index (κ2) is 4.16. The Bertz CT molecular complexity index is 554. The van der Waals surface area contributed by atoms with Crippen LogP contribution in [0.5, 0.6) is 0 Å². The molecule has 1 aromatic carbocycles. The number of nitrogens with one attached hydrogen (secondary N) is 2. The van der Waals surface area contributed by atoms with Crippen LogP contribution in [0.2, 0.25) is 0 Å². The van der Waals surface area contributed by atoms with Gasteiger partial charge in [0.15, 0.2) is 5.78 Å². The van der Waals surface area contributed by atoms with Crippen LogP contribution < -0.4 is 11.4 Å². The molecule has 0 amide bonds. The van der Waals surface area contributed by atoms with E-state index < -0.39 is 5.69 Å². The highest BCUT2D eigenvalue weighted by molar-refractivity contribution is 6.00. The highest BCUT2D eigenvalue weighted by Gasteiger charge is 2.14. The first kappa shape index (κ1) is 10.4. The van der Waals surface area contributed by atoms with E-state index in [-0.39, 0.29) is 18.0 Å². The summed E-state index contributed by atoms with van der Waals surface area (Å²) >= 11 is 0. The molecule has 5 heteroatoms. The summed E-state index contributed by atoms with van der Waals surface area (Å²) in [6, 6.07) is 9.15. The Morgan fingerprint density at radius 2 is 1.88 bits per heavy atom. The molecular formula is C11H11N3O2. The van der Waals surface area contributed by atoms with Crippen molar-refractivity contribution in [3.05, 3.63) is 46.5 Å². The topological polar surface area (TPSA) is 91.7 Å². The van der Waals surface area contributed by atoms with Gasteiger partial charge in [0, 0.05) is 5.56 Å². The lowest BCUT2D eigenvalue weighted by Crippen LogP contribution is -2.15. The van der Waals surface area contributed by atoms with E-state index in [0.717, 1.165) is 5.56 Å². The molecule has 0 aliphatic carbocycles. The predicted octanol–water partition coefficient (Wildman–Crippen LogP) is 0.511. The number of carbonyl (C=O) groups is 1. The molecule has 0 bridgehead atoms. The van der Waals surface area contributed by atoms with Gasteiger partial charge < -0.3 is 15.7 Å². The fourth-order valence-corrected chi connectivity index (χ4v) is 1.52. The molecule has 2 rings (SSSR count). The zero-order valence-electron chi connectivity index (χ0n) is 8.49. The average molecular weight is 217 g/mol. The molecule has 0 aliphatic heterocycles. The summed E-state index contributed by atoms with van der Waals surface area (Å²) in [7, 11) is 0. The van der Waals surface area contributed by atoms with Crippen molar-refractivity contribution in [1.29, 1.82) is 0 Å². The molecule has 5 nitrogen and oxygen atoms in total. The molecule has 0 unspecified atom stereocenters. The molecule has 0 aliphatic rings. The highest BCUT2D eigenvalue weighted by Crippen LogP contribution is 2.18. The first-order valence-corrected chi connectivity index (χ1v) is 4.83. The van der Waals surface area contributed by atoms with Gasteiger partial charge in [-0.3, -0.25) is 4.79 Å².